The van der Waals surface area contributed by atoms with Gasteiger partial charge in [-0.2, -0.15) is 0 Å². The number of carbonyl (C=O) groups excluding carboxylic acids is 1. The first kappa shape index (κ1) is 12.7. The van der Waals surface area contributed by atoms with Crippen LogP contribution < -0.4 is 0 Å². The van der Waals surface area contributed by atoms with Crippen molar-refractivity contribution in [3.63, 3.8) is 0 Å². The molecule has 0 aliphatic heterocycles. The van der Waals surface area contributed by atoms with Gasteiger partial charge in [-0.15, -0.1) is 0 Å². The Hall–Kier alpha value is -1.32. The second kappa shape index (κ2) is 6.18. The van der Waals surface area contributed by atoms with Crippen molar-refractivity contribution in [3.8, 4) is 0 Å². The molecule has 0 aliphatic rings. The molecule has 2 N–H and O–H groups in total. The number of carbonyl (C=O) groups is 1. The van der Waals surface area contributed by atoms with Crippen LogP contribution in [0, 0.1) is 5.41 Å². The highest BCUT2D eigenvalue weighted by Crippen LogP contribution is 2.10. The summed E-state index contributed by atoms with van der Waals surface area (Å²) >= 11 is 0. The highest BCUT2D eigenvalue weighted by molar-refractivity contribution is 6.18. The second-order valence-corrected chi connectivity index (χ2v) is 3.03. The lowest BCUT2D eigenvalue weighted by atomic mass is 10.0. The van der Waals surface area contributed by atoms with Gasteiger partial charge in [0.2, 0.25) is 0 Å². The van der Waals surface area contributed by atoms with Gasteiger partial charge in [-0.3, -0.25) is 0 Å². The van der Waals surface area contributed by atoms with Crippen LogP contribution in [0.5, 0.6) is 0 Å². The number of rotatable bonds is 5. The molecule has 0 heterocycles. The number of ether oxygens (including phenoxy) is 1. The number of hydrogen-bond acceptors (Lipinski definition) is 4. The van der Waals surface area contributed by atoms with Crippen molar-refractivity contribution in [2.75, 3.05) is 7.11 Å². The molecule has 0 unspecified atom stereocenters. The number of aliphatic hydroxyl groups excluding tert-OH is 1. The van der Waals surface area contributed by atoms with Gasteiger partial charge in [-0.25, -0.2) is 4.79 Å². The van der Waals surface area contributed by atoms with E-state index in [9.17, 15) is 9.90 Å². The lowest BCUT2D eigenvalue weighted by Gasteiger charge is -2.07. The Morgan fingerprint density at radius 2 is 2.07 bits per heavy atom. The molecule has 0 aromatic heterocycles. The van der Waals surface area contributed by atoms with Crippen LogP contribution in [0.1, 0.15) is 33.1 Å². The third kappa shape index (κ3) is 3.60. The smallest absolute Gasteiger partial charge is 0.343 e. The van der Waals surface area contributed by atoms with Crippen LogP contribution in [-0.2, 0) is 9.53 Å². The van der Waals surface area contributed by atoms with Gasteiger partial charge in [0.25, 0.3) is 0 Å². The van der Waals surface area contributed by atoms with Gasteiger partial charge in [-0.05, 0) is 19.8 Å². The van der Waals surface area contributed by atoms with E-state index in [1.807, 2.05) is 6.92 Å². The summed E-state index contributed by atoms with van der Waals surface area (Å²) < 4.78 is 4.48. The average molecular weight is 199 g/mol. The zero-order chi connectivity index (χ0) is 11.1. The van der Waals surface area contributed by atoms with Crippen LogP contribution in [0.4, 0.5) is 0 Å². The predicted molar refractivity (Wildman–Crippen MR) is 54.6 cm³/mol. The molecule has 4 heteroatoms. The van der Waals surface area contributed by atoms with Crippen molar-refractivity contribution >= 4 is 11.7 Å². The topological polar surface area (TPSA) is 70.4 Å². The monoisotopic (exact) mass is 199 g/mol. The molecule has 4 nitrogen and oxygen atoms in total. The Morgan fingerprint density at radius 3 is 2.43 bits per heavy atom. The zero-order valence-electron chi connectivity index (χ0n) is 8.89. The number of allylic oxidation sites excluding steroid dienone is 1. The lowest BCUT2D eigenvalue weighted by Crippen LogP contribution is -2.15. The van der Waals surface area contributed by atoms with E-state index >= 15 is 0 Å². The second-order valence-electron chi connectivity index (χ2n) is 3.03. The molecule has 0 aromatic carbocycles. The first-order valence-corrected chi connectivity index (χ1v) is 4.60. The number of unbranched alkanes of at least 4 members (excludes halogenated alkanes) is 1. The molecular weight excluding hydrogens is 182 g/mol. The Balaban J connectivity index is 4.61. The van der Waals surface area contributed by atoms with Gasteiger partial charge in [-0.1, -0.05) is 13.3 Å². The molecule has 0 spiro atoms. The van der Waals surface area contributed by atoms with Crippen LogP contribution in [0.25, 0.3) is 0 Å². The van der Waals surface area contributed by atoms with Gasteiger partial charge >= 0.3 is 5.97 Å². The maximum atomic E-state index is 11.2. The third-order valence-electron chi connectivity index (χ3n) is 1.83. The molecule has 14 heavy (non-hydrogen) atoms. The minimum atomic E-state index is -0.647. The SMILES string of the molecule is CCCCC(=N)/C(C(=O)OC)=C(/C)O. The zero-order valence-corrected chi connectivity index (χ0v) is 8.89. The minimum absolute atomic E-state index is 0.0130. The van der Waals surface area contributed by atoms with Crippen LogP contribution in [-0.4, -0.2) is 23.9 Å². The quantitative estimate of drug-likeness (QED) is 0.308. The Morgan fingerprint density at radius 1 is 1.50 bits per heavy atom. The Bertz CT molecular complexity index is 252. The molecule has 0 bridgehead atoms. The Kier molecular flexibility index (Phi) is 5.60. The molecule has 0 radical (unpaired) electrons. The maximum Gasteiger partial charge on any atom is 0.343 e. The number of aliphatic hydroxyl groups is 1. The summed E-state index contributed by atoms with van der Waals surface area (Å²) in [6.07, 6.45) is 2.26. The molecule has 0 saturated carbocycles. The van der Waals surface area contributed by atoms with E-state index in [4.69, 9.17) is 5.41 Å². The van der Waals surface area contributed by atoms with Crippen molar-refractivity contribution in [3.05, 3.63) is 11.3 Å². The van der Waals surface area contributed by atoms with Crippen LogP contribution in [0.2, 0.25) is 0 Å². The van der Waals surface area contributed by atoms with Crippen LogP contribution >= 0.6 is 0 Å². The normalized spacial score (nSPS) is 11.9. The van der Waals surface area contributed by atoms with Gasteiger partial charge in [0.05, 0.1) is 7.11 Å². The fourth-order valence-electron chi connectivity index (χ4n) is 1.07. The molecule has 0 fully saturated rings. The third-order valence-corrected chi connectivity index (χ3v) is 1.83. The van der Waals surface area contributed by atoms with E-state index in [0.717, 1.165) is 12.8 Å². The van der Waals surface area contributed by atoms with Gasteiger partial charge in [0.15, 0.2) is 0 Å². The summed E-state index contributed by atoms with van der Waals surface area (Å²) in [5, 5.41) is 16.8. The van der Waals surface area contributed by atoms with Crippen molar-refractivity contribution in [1.29, 1.82) is 5.41 Å². The molecular formula is C10H17NO3. The summed E-state index contributed by atoms with van der Waals surface area (Å²) in [6, 6.07) is 0. The number of esters is 1. The standard InChI is InChI=1S/C10H17NO3/c1-4-5-6-8(11)9(7(2)12)10(13)14-3/h11-12H,4-6H2,1-3H3/b9-7+,11-8?. The lowest BCUT2D eigenvalue weighted by molar-refractivity contribution is -0.135. The first-order chi connectivity index (χ1) is 6.54. The van der Waals surface area contributed by atoms with Gasteiger partial charge in [0.1, 0.15) is 11.3 Å². The van der Waals surface area contributed by atoms with Crippen molar-refractivity contribution in [2.45, 2.75) is 33.1 Å². The highest BCUT2D eigenvalue weighted by Gasteiger charge is 2.18. The molecule has 0 saturated heterocycles. The summed E-state index contributed by atoms with van der Waals surface area (Å²) in [6.45, 7) is 3.38. The summed E-state index contributed by atoms with van der Waals surface area (Å²) in [5.74, 6) is -0.802. The highest BCUT2D eigenvalue weighted by atomic mass is 16.5. The van der Waals surface area contributed by atoms with Crippen molar-refractivity contribution < 1.29 is 14.6 Å². The fourth-order valence-corrected chi connectivity index (χ4v) is 1.07. The van der Waals surface area contributed by atoms with E-state index in [0.29, 0.717) is 6.42 Å². The van der Waals surface area contributed by atoms with E-state index < -0.39 is 5.97 Å². The van der Waals surface area contributed by atoms with Gasteiger partial charge in [0, 0.05) is 5.71 Å². The van der Waals surface area contributed by atoms with E-state index in [-0.39, 0.29) is 17.0 Å². The average Bonchev–Trinajstić information content (AvgIpc) is 2.14. The molecule has 80 valence electrons. The van der Waals surface area contributed by atoms with Crippen LogP contribution in [0.3, 0.4) is 0 Å². The van der Waals surface area contributed by atoms with E-state index in [2.05, 4.69) is 4.74 Å². The number of methoxy groups -OCH3 is 1. The summed E-state index contributed by atoms with van der Waals surface area (Å²) in [5.41, 5.74) is 0.125. The van der Waals surface area contributed by atoms with Crippen molar-refractivity contribution in [1.82, 2.24) is 0 Å². The number of hydrogen-bond donors (Lipinski definition) is 2. The van der Waals surface area contributed by atoms with Crippen molar-refractivity contribution in [2.24, 2.45) is 0 Å². The van der Waals surface area contributed by atoms with Gasteiger partial charge < -0.3 is 15.3 Å². The molecule has 0 amide bonds. The van der Waals surface area contributed by atoms with E-state index in [1.54, 1.807) is 0 Å². The largest absolute Gasteiger partial charge is 0.512 e. The van der Waals surface area contributed by atoms with E-state index in [1.165, 1.54) is 14.0 Å². The number of nitrogens with one attached hydrogen (secondary N) is 1. The Labute approximate surface area is 84.1 Å². The summed E-state index contributed by atoms with van der Waals surface area (Å²) in [4.78, 5) is 11.2. The maximum absolute atomic E-state index is 11.2. The van der Waals surface area contributed by atoms with Crippen LogP contribution in [0.15, 0.2) is 11.3 Å². The first-order valence-electron chi connectivity index (χ1n) is 4.60. The predicted octanol–water partition coefficient (Wildman–Crippen LogP) is 2.20. The minimum Gasteiger partial charge on any atom is -0.512 e. The molecule has 0 aromatic rings. The molecule has 0 atom stereocenters. The molecule has 0 rings (SSSR count). The fraction of sp³-hybridized carbons (Fsp3) is 0.600. The molecule has 0 aliphatic carbocycles. The summed E-state index contributed by atoms with van der Waals surface area (Å²) in [7, 11) is 1.23.